The molecule has 0 radical (unpaired) electrons. The Morgan fingerprint density at radius 2 is 1.86 bits per heavy atom. The summed E-state index contributed by atoms with van der Waals surface area (Å²) in [4.78, 5) is 28.4. The number of aryl methyl sites for hydroxylation is 1. The number of aliphatic hydroxyl groups is 1. The van der Waals surface area contributed by atoms with E-state index >= 15 is 0 Å². The molecule has 8 nitrogen and oxygen atoms in total. The Balaban J connectivity index is 1.71. The average Bonchev–Trinajstić information content (AvgIpc) is 3.26. The first-order valence-corrected chi connectivity index (χ1v) is 10.3. The molecular formula is C23H19F4N3O5. The maximum Gasteiger partial charge on any atom is 0.426 e. The Labute approximate surface area is 194 Å². The number of benzene rings is 2. The monoisotopic (exact) mass is 493 g/mol. The van der Waals surface area contributed by atoms with Crippen LogP contribution in [0.25, 0.3) is 21.9 Å². The second-order valence-corrected chi connectivity index (χ2v) is 8.81. The van der Waals surface area contributed by atoms with Crippen LogP contribution < -0.4 is 10.9 Å². The highest BCUT2D eigenvalue weighted by atomic mass is 19.4. The Morgan fingerprint density at radius 1 is 1.14 bits per heavy atom. The number of nitrogens with zero attached hydrogens (tertiary/aromatic N) is 2. The van der Waals surface area contributed by atoms with Gasteiger partial charge in [0.1, 0.15) is 5.52 Å². The van der Waals surface area contributed by atoms with E-state index in [0.29, 0.717) is 0 Å². The number of amides is 1. The molecule has 1 atom stereocenters. The highest BCUT2D eigenvalue weighted by Crippen LogP contribution is 2.43. The standard InChI is InChI=1S/C23H19F4N3O5/c1-11-14-8-12(4-5-13(14)19(31)35-30-11)29-20(32)22(33,23(25,26)27)9-21(2,3)15-6-7-16(24)17-18(15)34-10-28-17/h4-8,10,33H,9H2,1-3H3,(H,29,32). The number of nitrogens with one attached hydrogen (secondary N) is 1. The van der Waals surface area contributed by atoms with Crippen molar-refractivity contribution >= 4 is 33.5 Å². The summed E-state index contributed by atoms with van der Waals surface area (Å²) < 4.78 is 66.2. The zero-order valence-electron chi connectivity index (χ0n) is 18.7. The zero-order chi connectivity index (χ0) is 25.8. The van der Waals surface area contributed by atoms with E-state index in [2.05, 4.69) is 20.0 Å². The summed E-state index contributed by atoms with van der Waals surface area (Å²) in [5.74, 6) is -2.46. The number of hydrogen-bond donors (Lipinski definition) is 2. The van der Waals surface area contributed by atoms with Gasteiger partial charge in [-0.15, -0.1) is 0 Å². The van der Waals surface area contributed by atoms with Crippen molar-refractivity contribution < 1.29 is 36.4 Å². The molecule has 0 fully saturated rings. The third-order valence-electron chi connectivity index (χ3n) is 5.86. The van der Waals surface area contributed by atoms with Crippen LogP contribution in [0.4, 0.5) is 23.2 Å². The Kier molecular flexibility index (Phi) is 5.67. The van der Waals surface area contributed by atoms with Crippen LogP contribution in [0.1, 0.15) is 31.5 Å². The molecule has 0 saturated heterocycles. The fraction of sp³-hybridized carbons (Fsp3) is 0.304. The third-order valence-corrected chi connectivity index (χ3v) is 5.86. The first-order chi connectivity index (χ1) is 16.2. The Morgan fingerprint density at radius 3 is 2.54 bits per heavy atom. The van der Waals surface area contributed by atoms with Crippen LogP contribution >= 0.6 is 0 Å². The SMILES string of the molecule is Cc1noc(=O)c2ccc(NC(=O)C(O)(CC(C)(C)c3ccc(F)c4ncoc34)C(F)(F)F)cc12. The lowest BCUT2D eigenvalue weighted by molar-refractivity contribution is -0.254. The van der Waals surface area contributed by atoms with Gasteiger partial charge in [-0.05, 0) is 36.6 Å². The maximum absolute atomic E-state index is 14.1. The van der Waals surface area contributed by atoms with Crippen LogP contribution in [0.2, 0.25) is 0 Å². The lowest BCUT2D eigenvalue weighted by atomic mass is 9.74. The fourth-order valence-corrected chi connectivity index (χ4v) is 4.04. The van der Waals surface area contributed by atoms with Crippen molar-refractivity contribution in [3.05, 3.63) is 64.2 Å². The highest BCUT2D eigenvalue weighted by Gasteiger charge is 2.61. The van der Waals surface area contributed by atoms with E-state index in [9.17, 15) is 32.3 Å². The number of anilines is 1. The molecule has 2 aromatic carbocycles. The summed E-state index contributed by atoms with van der Waals surface area (Å²) in [5, 5.41) is 16.7. The molecule has 0 aliphatic carbocycles. The number of carbonyl (C=O) groups is 1. The summed E-state index contributed by atoms with van der Waals surface area (Å²) in [6.07, 6.45) is -5.54. The Bertz CT molecular complexity index is 1510. The first kappa shape index (κ1) is 24.3. The summed E-state index contributed by atoms with van der Waals surface area (Å²) >= 11 is 0. The van der Waals surface area contributed by atoms with Gasteiger partial charge in [0.2, 0.25) is 5.60 Å². The van der Waals surface area contributed by atoms with Gasteiger partial charge in [0, 0.05) is 23.1 Å². The second-order valence-electron chi connectivity index (χ2n) is 8.81. The van der Waals surface area contributed by atoms with Crippen LogP contribution in [0.15, 0.2) is 50.5 Å². The van der Waals surface area contributed by atoms with Gasteiger partial charge in [0.25, 0.3) is 5.91 Å². The summed E-state index contributed by atoms with van der Waals surface area (Å²) in [6.45, 7) is 4.23. The molecule has 35 heavy (non-hydrogen) atoms. The van der Waals surface area contributed by atoms with E-state index in [1.165, 1.54) is 45.0 Å². The largest absolute Gasteiger partial charge is 0.443 e. The number of halogens is 4. The molecule has 0 bridgehead atoms. The van der Waals surface area contributed by atoms with E-state index < -0.39 is 41.0 Å². The minimum absolute atomic E-state index is 0.0868. The van der Waals surface area contributed by atoms with Crippen molar-refractivity contribution in [2.45, 2.75) is 44.4 Å². The molecule has 0 saturated carbocycles. The van der Waals surface area contributed by atoms with E-state index in [0.717, 1.165) is 12.5 Å². The van der Waals surface area contributed by atoms with E-state index in [4.69, 9.17) is 4.42 Å². The maximum atomic E-state index is 14.1. The summed E-state index contributed by atoms with van der Waals surface area (Å²) in [5.41, 5.74) is -6.08. The molecule has 4 rings (SSSR count). The Hall–Kier alpha value is -3.80. The van der Waals surface area contributed by atoms with Gasteiger partial charge in [-0.3, -0.25) is 4.79 Å². The fourth-order valence-electron chi connectivity index (χ4n) is 4.04. The number of fused-ring (bicyclic) bond motifs is 2. The van der Waals surface area contributed by atoms with Crippen LogP contribution in [0.3, 0.4) is 0 Å². The van der Waals surface area contributed by atoms with Crippen LogP contribution in [-0.4, -0.2) is 32.9 Å². The molecule has 4 aromatic rings. The van der Waals surface area contributed by atoms with E-state index in [1.54, 1.807) is 0 Å². The molecule has 2 heterocycles. The number of aromatic nitrogens is 2. The summed E-state index contributed by atoms with van der Waals surface area (Å²) in [7, 11) is 0. The summed E-state index contributed by atoms with van der Waals surface area (Å²) in [6, 6.07) is 5.98. The van der Waals surface area contributed by atoms with Gasteiger partial charge in [-0.2, -0.15) is 13.2 Å². The lowest BCUT2D eigenvalue weighted by Gasteiger charge is -2.36. The number of carbonyl (C=O) groups excluding carboxylic acids is 1. The van der Waals surface area contributed by atoms with Crippen LogP contribution in [0, 0.1) is 12.7 Å². The minimum Gasteiger partial charge on any atom is -0.443 e. The zero-order valence-corrected chi connectivity index (χ0v) is 18.7. The normalized spacial score (nSPS) is 14.3. The van der Waals surface area contributed by atoms with E-state index in [-0.39, 0.29) is 38.8 Å². The topological polar surface area (TPSA) is 118 Å². The van der Waals surface area contributed by atoms with E-state index in [1.807, 2.05) is 0 Å². The molecule has 2 N–H and O–H groups in total. The van der Waals surface area contributed by atoms with Crippen molar-refractivity contribution in [1.82, 2.24) is 10.1 Å². The number of rotatable bonds is 5. The van der Waals surface area contributed by atoms with Crippen molar-refractivity contribution in [1.29, 1.82) is 0 Å². The average molecular weight is 493 g/mol. The van der Waals surface area contributed by atoms with Crippen molar-refractivity contribution in [2.75, 3.05) is 5.32 Å². The van der Waals surface area contributed by atoms with Crippen LogP contribution in [-0.2, 0) is 10.2 Å². The molecule has 0 spiro atoms. The molecule has 184 valence electrons. The molecule has 0 aliphatic heterocycles. The van der Waals surface area contributed by atoms with Gasteiger partial charge in [-0.1, -0.05) is 25.1 Å². The van der Waals surface area contributed by atoms with Crippen molar-refractivity contribution in [3.63, 3.8) is 0 Å². The number of hydrogen-bond acceptors (Lipinski definition) is 7. The molecule has 2 aromatic heterocycles. The van der Waals surface area contributed by atoms with Crippen molar-refractivity contribution in [3.8, 4) is 0 Å². The van der Waals surface area contributed by atoms with Crippen LogP contribution in [0.5, 0.6) is 0 Å². The van der Waals surface area contributed by atoms with Gasteiger partial charge in [-0.25, -0.2) is 14.2 Å². The van der Waals surface area contributed by atoms with Gasteiger partial charge in [0.15, 0.2) is 17.8 Å². The number of alkyl halides is 3. The second kappa shape index (κ2) is 8.15. The van der Waals surface area contributed by atoms with Gasteiger partial charge < -0.3 is 19.4 Å². The quantitative estimate of drug-likeness (QED) is 0.396. The molecular weight excluding hydrogens is 474 g/mol. The smallest absolute Gasteiger partial charge is 0.426 e. The first-order valence-electron chi connectivity index (χ1n) is 10.3. The molecule has 12 heteroatoms. The van der Waals surface area contributed by atoms with Gasteiger partial charge >= 0.3 is 11.8 Å². The highest BCUT2D eigenvalue weighted by molar-refractivity contribution is 6.00. The molecule has 1 unspecified atom stereocenters. The number of oxazole rings is 1. The predicted molar refractivity (Wildman–Crippen MR) is 116 cm³/mol. The molecule has 0 aliphatic rings. The third kappa shape index (κ3) is 4.14. The minimum atomic E-state index is -5.37. The predicted octanol–water partition coefficient (Wildman–Crippen LogP) is 4.38. The molecule has 1 amide bonds. The van der Waals surface area contributed by atoms with Crippen molar-refractivity contribution in [2.24, 2.45) is 0 Å². The van der Waals surface area contributed by atoms with Gasteiger partial charge in [0.05, 0.1) is 11.1 Å². The lowest BCUT2D eigenvalue weighted by Crippen LogP contribution is -2.57.